The van der Waals surface area contributed by atoms with Crippen LogP contribution in [0.4, 0.5) is 0 Å². The molecule has 0 aliphatic heterocycles. The van der Waals surface area contributed by atoms with Crippen molar-refractivity contribution in [3.05, 3.63) is 65.7 Å². The third-order valence-corrected chi connectivity index (χ3v) is 4.14. The lowest BCUT2D eigenvalue weighted by molar-refractivity contribution is -0.142. The Labute approximate surface area is 133 Å². The van der Waals surface area contributed by atoms with Gasteiger partial charge in [-0.05, 0) is 24.0 Å². The van der Waals surface area contributed by atoms with Gasteiger partial charge in [-0.2, -0.15) is 0 Å². The summed E-state index contributed by atoms with van der Waals surface area (Å²) in [5, 5.41) is 21.7. The first kappa shape index (κ1) is 15.1. The number of para-hydroxylation sites is 1. The van der Waals surface area contributed by atoms with Crippen molar-refractivity contribution < 1.29 is 19.8 Å². The Hall–Kier alpha value is -2.82. The van der Waals surface area contributed by atoms with Crippen LogP contribution >= 0.6 is 0 Å². The van der Waals surface area contributed by atoms with Crippen LogP contribution in [0.1, 0.15) is 29.5 Å². The van der Waals surface area contributed by atoms with Gasteiger partial charge < -0.3 is 15.5 Å². The van der Waals surface area contributed by atoms with Gasteiger partial charge in [0, 0.05) is 11.5 Å². The molecule has 5 nitrogen and oxygen atoms in total. The number of carbonyl (C=O) groups is 2. The smallest absolute Gasteiger partial charge is 0.331 e. The second-order valence-electron chi connectivity index (χ2n) is 5.70. The van der Waals surface area contributed by atoms with Gasteiger partial charge in [-0.25, -0.2) is 4.79 Å². The van der Waals surface area contributed by atoms with Crippen LogP contribution < -0.4 is 5.32 Å². The van der Waals surface area contributed by atoms with E-state index in [1.165, 1.54) is 12.1 Å². The molecular weight excluding hydrogens is 294 g/mol. The Morgan fingerprint density at radius 2 is 1.70 bits per heavy atom. The van der Waals surface area contributed by atoms with Crippen molar-refractivity contribution in [2.45, 2.75) is 18.4 Å². The highest BCUT2D eigenvalue weighted by Crippen LogP contribution is 2.47. The van der Waals surface area contributed by atoms with Gasteiger partial charge in [0.15, 0.2) is 6.04 Å². The number of carboxylic acids is 1. The molecule has 0 heterocycles. The molecule has 3 N–H and O–H groups in total. The zero-order valence-electron chi connectivity index (χ0n) is 12.3. The minimum atomic E-state index is -1.25. The molecule has 2 aromatic carbocycles. The van der Waals surface area contributed by atoms with E-state index in [4.69, 9.17) is 0 Å². The third-order valence-electron chi connectivity index (χ3n) is 4.14. The second kappa shape index (κ2) is 6.12. The molecule has 0 saturated heterocycles. The summed E-state index contributed by atoms with van der Waals surface area (Å²) in [7, 11) is 0. The van der Waals surface area contributed by atoms with Crippen molar-refractivity contribution in [1.82, 2.24) is 5.32 Å². The molecular formula is C18H17NO4. The highest BCUT2D eigenvalue weighted by molar-refractivity contribution is 5.88. The molecule has 1 amide bonds. The molecule has 1 aliphatic rings. The maximum atomic E-state index is 12.3. The number of amides is 1. The van der Waals surface area contributed by atoms with Gasteiger partial charge >= 0.3 is 5.97 Å². The van der Waals surface area contributed by atoms with E-state index in [1.54, 1.807) is 12.1 Å². The number of phenols is 1. The summed E-state index contributed by atoms with van der Waals surface area (Å²) in [5.41, 5.74) is 1.27. The van der Waals surface area contributed by atoms with Crippen molar-refractivity contribution >= 4 is 11.9 Å². The number of aromatic hydroxyl groups is 1. The topological polar surface area (TPSA) is 86.6 Å². The van der Waals surface area contributed by atoms with Crippen molar-refractivity contribution in [3.8, 4) is 5.75 Å². The number of rotatable bonds is 5. The fraction of sp³-hybridized carbons (Fsp3) is 0.222. The lowest BCUT2D eigenvalue weighted by atomic mass is 10.0. The number of hydrogen-bond acceptors (Lipinski definition) is 3. The van der Waals surface area contributed by atoms with Gasteiger partial charge in [0.1, 0.15) is 5.75 Å². The molecule has 23 heavy (non-hydrogen) atoms. The van der Waals surface area contributed by atoms with Crippen LogP contribution in [0.5, 0.6) is 5.75 Å². The fourth-order valence-corrected chi connectivity index (χ4v) is 2.81. The van der Waals surface area contributed by atoms with Crippen LogP contribution in [-0.2, 0) is 9.59 Å². The minimum absolute atomic E-state index is 0.134. The molecule has 2 aromatic rings. The van der Waals surface area contributed by atoms with Crippen LogP contribution in [0, 0.1) is 5.92 Å². The summed E-state index contributed by atoms with van der Waals surface area (Å²) in [6.07, 6.45) is 0.711. The van der Waals surface area contributed by atoms with Gasteiger partial charge in [-0.3, -0.25) is 4.79 Å². The summed E-state index contributed by atoms with van der Waals surface area (Å²) in [5.74, 6) is -1.72. The molecule has 0 spiro atoms. The number of carbonyl (C=O) groups excluding carboxylic acids is 1. The van der Waals surface area contributed by atoms with Gasteiger partial charge in [0.25, 0.3) is 0 Å². The molecule has 5 heteroatoms. The van der Waals surface area contributed by atoms with E-state index in [2.05, 4.69) is 5.32 Å². The van der Waals surface area contributed by atoms with Gasteiger partial charge in [0.05, 0.1) is 0 Å². The number of carboxylic acid groups (broad SMARTS) is 1. The highest BCUT2D eigenvalue weighted by Gasteiger charge is 2.45. The molecule has 1 unspecified atom stereocenters. The highest BCUT2D eigenvalue weighted by atomic mass is 16.4. The summed E-state index contributed by atoms with van der Waals surface area (Å²) in [6.45, 7) is 0. The number of benzene rings is 2. The Morgan fingerprint density at radius 3 is 2.35 bits per heavy atom. The molecule has 0 aromatic heterocycles. The van der Waals surface area contributed by atoms with E-state index in [-0.39, 0.29) is 29.1 Å². The third kappa shape index (κ3) is 3.18. The predicted molar refractivity (Wildman–Crippen MR) is 83.9 cm³/mol. The van der Waals surface area contributed by atoms with E-state index < -0.39 is 12.0 Å². The normalized spacial score (nSPS) is 20.5. The Bertz CT molecular complexity index is 729. The van der Waals surface area contributed by atoms with Crippen molar-refractivity contribution in [3.63, 3.8) is 0 Å². The number of hydrogen-bond donors (Lipinski definition) is 3. The Kier molecular flexibility index (Phi) is 4.02. The monoisotopic (exact) mass is 311 g/mol. The SMILES string of the molecule is O=C(O)C(NC(=O)[C@@H]1C[C@H]1c1ccccc1)c1ccccc1O. The average Bonchev–Trinajstić information content (AvgIpc) is 3.34. The van der Waals surface area contributed by atoms with E-state index in [9.17, 15) is 19.8 Å². The summed E-state index contributed by atoms with van der Waals surface area (Å²) >= 11 is 0. The summed E-state index contributed by atoms with van der Waals surface area (Å²) < 4.78 is 0. The number of aliphatic carboxylic acids is 1. The molecule has 0 bridgehead atoms. The van der Waals surface area contributed by atoms with Crippen molar-refractivity contribution in [2.24, 2.45) is 5.92 Å². The van der Waals surface area contributed by atoms with E-state index in [0.29, 0.717) is 6.42 Å². The second-order valence-corrected chi connectivity index (χ2v) is 5.70. The zero-order valence-corrected chi connectivity index (χ0v) is 12.3. The standard InChI is InChI=1S/C18H17NO4/c20-15-9-5-4-8-12(15)16(18(22)23)19-17(21)14-10-13(14)11-6-2-1-3-7-11/h1-9,13-14,16,20H,10H2,(H,19,21)(H,22,23)/t13-,14+,16?/m0/s1. The van der Waals surface area contributed by atoms with Gasteiger partial charge in [-0.15, -0.1) is 0 Å². The quantitative estimate of drug-likeness (QED) is 0.791. The minimum Gasteiger partial charge on any atom is -0.508 e. The zero-order chi connectivity index (χ0) is 16.4. The van der Waals surface area contributed by atoms with Crippen LogP contribution in [0.3, 0.4) is 0 Å². The first-order valence-electron chi connectivity index (χ1n) is 7.44. The van der Waals surface area contributed by atoms with E-state index >= 15 is 0 Å². The Balaban J connectivity index is 1.71. The van der Waals surface area contributed by atoms with Crippen LogP contribution in [0.2, 0.25) is 0 Å². The number of phenolic OH excluding ortho intramolecular Hbond substituents is 1. The first-order chi connectivity index (χ1) is 11.1. The maximum absolute atomic E-state index is 12.3. The largest absolute Gasteiger partial charge is 0.508 e. The lowest BCUT2D eigenvalue weighted by Crippen LogP contribution is -2.35. The molecule has 0 radical (unpaired) electrons. The average molecular weight is 311 g/mol. The Morgan fingerprint density at radius 1 is 1.04 bits per heavy atom. The first-order valence-corrected chi connectivity index (χ1v) is 7.44. The lowest BCUT2D eigenvalue weighted by Gasteiger charge is -2.16. The summed E-state index contributed by atoms with van der Waals surface area (Å²) in [4.78, 5) is 23.8. The van der Waals surface area contributed by atoms with Gasteiger partial charge in [-0.1, -0.05) is 48.5 Å². The number of nitrogens with one attached hydrogen (secondary N) is 1. The van der Waals surface area contributed by atoms with Crippen LogP contribution in [-0.4, -0.2) is 22.1 Å². The van der Waals surface area contributed by atoms with E-state index in [0.717, 1.165) is 5.56 Å². The van der Waals surface area contributed by atoms with Crippen LogP contribution in [0.15, 0.2) is 54.6 Å². The maximum Gasteiger partial charge on any atom is 0.331 e. The van der Waals surface area contributed by atoms with Crippen LogP contribution in [0.25, 0.3) is 0 Å². The van der Waals surface area contributed by atoms with E-state index in [1.807, 2.05) is 30.3 Å². The van der Waals surface area contributed by atoms with Gasteiger partial charge in [0.2, 0.25) is 5.91 Å². The molecule has 1 aliphatic carbocycles. The van der Waals surface area contributed by atoms with Crippen molar-refractivity contribution in [2.75, 3.05) is 0 Å². The summed E-state index contributed by atoms with van der Waals surface area (Å²) in [6, 6.07) is 14.6. The molecule has 1 saturated carbocycles. The van der Waals surface area contributed by atoms with Crippen molar-refractivity contribution in [1.29, 1.82) is 0 Å². The predicted octanol–water partition coefficient (Wildman–Crippen LogP) is 2.44. The molecule has 118 valence electrons. The molecule has 3 atom stereocenters. The fourth-order valence-electron chi connectivity index (χ4n) is 2.81. The molecule has 1 fully saturated rings. The molecule has 3 rings (SSSR count).